The van der Waals surface area contributed by atoms with Crippen molar-refractivity contribution in [1.82, 2.24) is 24.8 Å². The summed E-state index contributed by atoms with van der Waals surface area (Å²) in [5.41, 5.74) is -0.287. The van der Waals surface area contributed by atoms with E-state index < -0.39 is 23.1 Å². The smallest absolute Gasteiger partial charge is 0.410 e. The zero-order valence-electron chi connectivity index (χ0n) is 31.4. The van der Waals surface area contributed by atoms with Gasteiger partial charge in [0.1, 0.15) is 53.2 Å². The Morgan fingerprint density at radius 2 is 1.96 bits per heavy atom. The van der Waals surface area contributed by atoms with Crippen LogP contribution in [0.2, 0.25) is 0 Å². The number of carbonyl (C=O) groups is 1. The molecule has 5 aliphatic rings. The number of carbonyl (C=O) groups excluding carboxylic acids is 1. The average molecular weight is 755 g/mol. The summed E-state index contributed by atoms with van der Waals surface area (Å²) < 4.78 is 62.1. The van der Waals surface area contributed by atoms with E-state index in [-0.39, 0.29) is 67.3 Å². The number of anilines is 1. The third kappa shape index (κ3) is 6.03. The fourth-order valence-corrected chi connectivity index (χ4v) is 9.47. The van der Waals surface area contributed by atoms with Gasteiger partial charge in [0.05, 0.1) is 23.7 Å². The summed E-state index contributed by atoms with van der Waals surface area (Å²) in [6, 6.07) is 8.18. The van der Waals surface area contributed by atoms with E-state index in [2.05, 4.69) is 15.7 Å². The van der Waals surface area contributed by atoms with Gasteiger partial charge in [-0.3, -0.25) is 9.80 Å². The summed E-state index contributed by atoms with van der Waals surface area (Å²) in [6.45, 7) is 7.40. The van der Waals surface area contributed by atoms with Gasteiger partial charge in [0, 0.05) is 43.1 Å². The Morgan fingerprint density at radius 1 is 1.11 bits per heavy atom. The van der Waals surface area contributed by atoms with Crippen molar-refractivity contribution >= 4 is 33.6 Å². The van der Waals surface area contributed by atoms with Crippen molar-refractivity contribution in [2.45, 2.75) is 88.3 Å². The van der Waals surface area contributed by atoms with Crippen LogP contribution in [0.3, 0.4) is 0 Å². The highest BCUT2D eigenvalue weighted by atomic mass is 19.1. The van der Waals surface area contributed by atoms with Crippen LogP contribution in [0.15, 0.2) is 30.3 Å². The predicted octanol–water partition coefficient (Wildman–Crippen LogP) is 6.25. The maximum absolute atomic E-state index is 17.5. The molecule has 4 saturated heterocycles. The normalized spacial score (nSPS) is 25.7. The highest BCUT2D eigenvalue weighted by molar-refractivity contribution is 6.04. The molecule has 2 aromatic heterocycles. The topological polar surface area (TPSA) is 112 Å². The Labute approximate surface area is 318 Å². The van der Waals surface area contributed by atoms with Gasteiger partial charge in [-0.15, -0.1) is 6.42 Å². The number of nitrogens with zero attached hydrogens (tertiary/aromatic N) is 6. The largest absolute Gasteiger partial charge is 0.475 e. The number of hydrogen-bond acceptors (Lipinski definition) is 11. The quantitative estimate of drug-likeness (QED) is 0.158. The molecule has 0 aliphatic carbocycles. The van der Waals surface area contributed by atoms with E-state index in [4.69, 9.17) is 45.1 Å². The number of pyridine rings is 1. The summed E-state index contributed by atoms with van der Waals surface area (Å²) in [5.74, 6) is 3.01. The molecule has 0 N–H and O–H groups in total. The second-order valence-electron chi connectivity index (χ2n) is 16.3. The van der Waals surface area contributed by atoms with Gasteiger partial charge in [0.25, 0.3) is 0 Å². The number of fused-ring (bicyclic) bond motifs is 7. The number of hydrogen-bond donors (Lipinski definition) is 0. The van der Waals surface area contributed by atoms with Crippen LogP contribution in [0.5, 0.6) is 17.6 Å². The summed E-state index contributed by atoms with van der Waals surface area (Å²) >= 11 is 0. The molecule has 9 rings (SSSR count). The van der Waals surface area contributed by atoms with E-state index >= 15 is 4.39 Å². The molecular formula is C41H44F2N6O6. The lowest BCUT2D eigenvalue weighted by Crippen LogP contribution is -2.63. The first-order valence-electron chi connectivity index (χ1n) is 19.0. The van der Waals surface area contributed by atoms with E-state index in [1.165, 1.54) is 7.11 Å². The van der Waals surface area contributed by atoms with Crippen LogP contribution in [0.1, 0.15) is 58.4 Å². The molecule has 5 aliphatic heterocycles. The molecule has 4 aromatic rings. The van der Waals surface area contributed by atoms with Crippen molar-refractivity contribution in [3.8, 4) is 41.2 Å². The maximum atomic E-state index is 17.5. The van der Waals surface area contributed by atoms with Crippen molar-refractivity contribution in [2.75, 3.05) is 51.7 Å². The van der Waals surface area contributed by atoms with Crippen LogP contribution in [-0.2, 0) is 9.47 Å². The summed E-state index contributed by atoms with van der Waals surface area (Å²) in [5, 5.41) is 1.63. The standard InChI is InChI=1S/C41H44F2N6O6/c1-6-23-9-7-10-24-15-27(54-22-51-5)16-28(31(23)24)34-33(43)35-32-36(46-38(45-35)53-21-41-13-8-14-47(41)18-25(42)17-41)48-19-26-11-12-29(30(48)20-52-37(32)44-34)49(26)39(50)55-40(2,3)4/h1,7,9-10,15-16,25-26,29-30H,8,11-14,17-22H2,2-5H3/t25-,26-,29+,30-,41+/m1/s1. The third-order valence-corrected chi connectivity index (χ3v) is 11.7. The fourth-order valence-electron chi connectivity index (χ4n) is 9.47. The lowest BCUT2D eigenvalue weighted by Gasteiger charge is -2.46. The summed E-state index contributed by atoms with van der Waals surface area (Å²) in [6.07, 6.45) is 8.25. The molecule has 0 radical (unpaired) electrons. The van der Waals surface area contributed by atoms with Crippen LogP contribution in [-0.4, -0.2) is 113 Å². The van der Waals surface area contributed by atoms with Crippen LogP contribution in [0, 0.1) is 18.2 Å². The van der Waals surface area contributed by atoms with E-state index in [1.807, 2.05) is 43.9 Å². The van der Waals surface area contributed by atoms with Crippen molar-refractivity contribution in [3.63, 3.8) is 0 Å². The Kier molecular flexibility index (Phi) is 8.65. The number of aromatic nitrogens is 3. The first-order chi connectivity index (χ1) is 26.5. The van der Waals surface area contributed by atoms with Gasteiger partial charge in [-0.1, -0.05) is 18.1 Å². The minimum Gasteiger partial charge on any atom is -0.475 e. The number of alkyl halides is 1. The molecular weight excluding hydrogens is 710 g/mol. The molecule has 14 heteroatoms. The van der Waals surface area contributed by atoms with E-state index in [9.17, 15) is 9.18 Å². The van der Waals surface area contributed by atoms with Gasteiger partial charge >= 0.3 is 12.1 Å². The van der Waals surface area contributed by atoms with Crippen LogP contribution in [0.25, 0.3) is 32.9 Å². The first kappa shape index (κ1) is 35.7. The molecule has 12 nitrogen and oxygen atoms in total. The van der Waals surface area contributed by atoms with Crippen molar-refractivity contribution in [2.24, 2.45) is 0 Å². The van der Waals surface area contributed by atoms with Crippen LogP contribution < -0.4 is 19.1 Å². The van der Waals surface area contributed by atoms with Gasteiger partial charge in [-0.05, 0) is 76.6 Å². The number of methoxy groups -OCH3 is 1. The highest BCUT2D eigenvalue weighted by Gasteiger charge is 2.52. The average Bonchev–Trinajstić information content (AvgIpc) is 3.76. The molecule has 2 aromatic carbocycles. The van der Waals surface area contributed by atoms with Gasteiger partial charge in [0.2, 0.25) is 5.88 Å². The zero-order valence-corrected chi connectivity index (χ0v) is 31.4. The molecule has 0 unspecified atom stereocenters. The SMILES string of the molecule is C#Cc1cccc2cc(OCOC)cc(-c3nc4c5c(nc(OC[C@@]67CCCN6C[C@H](F)C7)nc5c3F)N3C[C@H]5CC[C@@H]([C@H]3CO4)N5C(=O)OC(C)(C)C)c12. The summed E-state index contributed by atoms with van der Waals surface area (Å²) in [4.78, 5) is 34.2. The number of rotatable bonds is 7. The number of benzene rings is 2. The molecule has 288 valence electrons. The number of ether oxygens (including phenoxy) is 5. The minimum atomic E-state index is -0.944. The van der Waals surface area contributed by atoms with Gasteiger partial charge in [-0.2, -0.15) is 9.97 Å². The van der Waals surface area contributed by atoms with Crippen molar-refractivity contribution in [3.05, 3.63) is 41.7 Å². The molecule has 2 bridgehead atoms. The monoisotopic (exact) mass is 754 g/mol. The number of terminal acetylenes is 1. The lowest BCUT2D eigenvalue weighted by atomic mass is 9.95. The molecule has 5 atom stereocenters. The maximum Gasteiger partial charge on any atom is 0.410 e. The molecule has 1 amide bonds. The fraction of sp³-hybridized carbons (Fsp3) is 0.512. The molecule has 0 saturated carbocycles. The van der Waals surface area contributed by atoms with Gasteiger partial charge in [-0.25, -0.2) is 18.6 Å². The Balaban J connectivity index is 1.20. The Hall–Kier alpha value is -5.00. The number of piperazine rings is 1. The van der Waals surface area contributed by atoms with Crippen molar-refractivity contribution < 1.29 is 37.3 Å². The van der Waals surface area contributed by atoms with E-state index in [0.717, 1.165) is 37.6 Å². The second-order valence-corrected chi connectivity index (χ2v) is 16.3. The predicted molar refractivity (Wildman–Crippen MR) is 201 cm³/mol. The van der Waals surface area contributed by atoms with E-state index in [0.29, 0.717) is 53.0 Å². The zero-order chi connectivity index (χ0) is 38.2. The van der Waals surface area contributed by atoms with Gasteiger partial charge < -0.3 is 28.6 Å². The molecule has 55 heavy (non-hydrogen) atoms. The third-order valence-electron chi connectivity index (χ3n) is 11.7. The Bertz CT molecular complexity index is 2240. The van der Waals surface area contributed by atoms with E-state index in [1.54, 1.807) is 12.1 Å². The minimum absolute atomic E-state index is 0.0260. The molecule has 4 fully saturated rings. The molecule has 7 heterocycles. The summed E-state index contributed by atoms with van der Waals surface area (Å²) in [7, 11) is 1.52. The van der Waals surface area contributed by atoms with Gasteiger partial charge in [0.15, 0.2) is 12.6 Å². The van der Waals surface area contributed by atoms with Crippen LogP contribution >= 0.6 is 0 Å². The Morgan fingerprint density at radius 3 is 2.76 bits per heavy atom. The number of halogens is 2. The second kappa shape index (κ2) is 13.3. The first-order valence-corrected chi connectivity index (χ1v) is 19.0. The van der Waals surface area contributed by atoms with Crippen LogP contribution in [0.4, 0.5) is 19.4 Å². The highest BCUT2D eigenvalue weighted by Crippen LogP contribution is 2.47. The van der Waals surface area contributed by atoms with Crippen molar-refractivity contribution in [1.29, 1.82) is 0 Å². The molecule has 0 spiro atoms. The number of amides is 1. The lowest BCUT2D eigenvalue weighted by molar-refractivity contribution is 0.00537.